The fourth-order valence-electron chi connectivity index (χ4n) is 4.09. The Morgan fingerprint density at radius 3 is 2.42 bits per heavy atom. The summed E-state index contributed by atoms with van der Waals surface area (Å²) < 4.78 is 24.1. The minimum absolute atomic E-state index is 0.137. The molecule has 0 bridgehead atoms. The molecule has 4 atom stereocenters. The molecule has 2 aliphatic heterocycles. The van der Waals surface area contributed by atoms with Crippen LogP contribution >= 0.6 is 0 Å². The summed E-state index contributed by atoms with van der Waals surface area (Å²) in [4.78, 5) is 27.0. The van der Waals surface area contributed by atoms with Gasteiger partial charge in [0.2, 0.25) is 0 Å². The number of carbonyl (C=O) groups is 2. The van der Waals surface area contributed by atoms with E-state index in [-0.39, 0.29) is 45.5 Å². The molecule has 0 N–H and O–H groups in total. The van der Waals surface area contributed by atoms with Crippen LogP contribution in [-0.2, 0) is 35.1 Å². The maximum atomic E-state index is 13.2. The first-order chi connectivity index (χ1) is 15.9. The fourth-order valence-corrected chi connectivity index (χ4v) is 6.34. The molecule has 2 heterocycles. The molecule has 2 aliphatic rings. The number of nitrogens with zero attached hydrogens (tertiary/aromatic N) is 1. The number of hydrogen-bond acceptors (Lipinski definition) is 6. The van der Waals surface area contributed by atoms with Crippen LogP contribution in [0.1, 0.15) is 19.4 Å². The van der Waals surface area contributed by atoms with Crippen molar-refractivity contribution in [2.75, 3.05) is 20.3 Å². The molecule has 2 saturated heterocycles. The molecule has 8 heteroatoms. The van der Waals surface area contributed by atoms with E-state index in [2.05, 4.69) is 0 Å². The number of hydrogen-bond donors (Lipinski definition) is 0. The van der Waals surface area contributed by atoms with Crippen molar-refractivity contribution in [2.24, 2.45) is 0 Å². The van der Waals surface area contributed by atoms with E-state index in [0.717, 1.165) is 10.0 Å². The van der Waals surface area contributed by atoms with Gasteiger partial charge in [0.05, 0.1) is 0 Å². The van der Waals surface area contributed by atoms with Crippen molar-refractivity contribution in [2.45, 2.75) is 49.3 Å². The van der Waals surface area contributed by atoms with Crippen LogP contribution in [0.4, 0.5) is 0 Å². The Bertz CT molecular complexity index is 954. The zero-order valence-electron chi connectivity index (χ0n) is 19.0. The Morgan fingerprint density at radius 2 is 1.82 bits per heavy atom. The Hall–Kier alpha value is -2.22. The summed E-state index contributed by atoms with van der Waals surface area (Å²) in [5, 5.41) is 0. The first-order valence-electron chi connectivity index (χ1n) is 11.0. The zero-order chi connectivity index (χ0) is 23.4. The summed E-state index contributed by atoms with van der Waals surface area (Å²) >= 11 is -0.193. The van der Waals surface area contributed by atoms with Crippen molar-refractivity contribution >= 4 is 31.3 Å². The predicted molar refractivity (Wildman–Crippen MR) is 123 cm³/mol. The van der Waals surface area contributed by atoms with Gasteiger partial charge in [0.25, 0.3) is 0 Å². The summed E-state index contributed by atoms with van der Waals surface area (Å²) in [5.74, 6) is -1.18. The summed E-state index contributed by atoms with van der Waals surface area (Å²) in [6, 6.07) is 19.2. The quantitative estimate of drug-likeness (QED) is 0.287. The molecule has 2 fully saturated rings. The molecule has 33 heavy (non-hydrogen) atoms. The molecule has 1 amide bonds. The average Bonchev–Trinajstić information content (AvgIpc) is 3.18. The van der Waals surface area contributed by atoms with Crippen LogP contribution in [0.2, 0.25) is 4.82 Å². The van der Waals surface area contributed by atoms with Crippen LogP contribution in [0.25, 0.3) is 0 Å². The van der Waals surface area contributed by atoms with Crippen molar-refractivity contribution in [3.63, 3.8) is 0 Å². The van der Waals surface area contributed by atoms with Crippen LogP contribution in [0, 0.1) is 0 Å². The molecule has 4 rings (SSSR count). The van der Waals surface area contributed by atoms with Crippen molar-refractivity contribution in [3.05, 3.63) is 66.2 Å². The van der Waals surface area contributed by atoms with E-state index in [9.17, 15) is 9.59 Å². The monoisotopic (exact) mass is 519 g/mol. The third-order valence-electron chi connectivity index (χ3n) is 5.73. The molecule has 0 aromatic heterocycles. The van der Waals surface area contributed by atoms with E-state index >= 15 is 0 Å². The van der Waals surface area contributed by atoms with Crippen molar-refractivity contribution in [1.29, 1.82) is 0 Å². The number of esters is 1. The molecule has 0 saturated carbocycles. The summed E-state index contributed by atoms with van der Waals surface area (Å²) in [6.45, 7) is 4.66. The standard InChI is InChI=1S/C25H29NO6Se/c1-25(2)31-16-19(32-25)21-22(30-15-17-10-6-4-7-11-17)23(27)26(21)14-20(24(28)29-3)33-18-12-8-5-9-13-18/h4-13,19-22H,14-16H2,1-3H3/t19-,20?,21+,22-/m1/s1. The molecule has 0 spiro atoms. The van der Waals surface area contributed by atoms with Gasteiger partial charge < -0.3 is 0 Å². The third kappa shape index (κ3) is 5.65. The first kappa shape index (κ1) is 23.9. The molecular weight excluding hydrogens is 489 g/mol. The van der Waals surface area contributed by atoms with E-state index in [1.54, 1.807) is 4.90 Å². The van der Waals surface area contributed by atoms with Crippen LogP contribution < -0.4 is 4.46 Å². The number of β-lactam (4-membered cyclic amide) rings is 1. The number of carbonyl (C=O) groups excluding carboxylic acids is 2. The number of methoxy groups -OCH3 is 1. The van der Waals surface area contributed by atoms with Gasteiger partial charge in [-0.25, -0.2) is 0 Å². The van der Waals surface area contributed by atoms with Crippen LogP contribution in [0.5, 0.6) is 0 Å². The minimum atomic E-state index is -0.727. The van der Waals surface area contributed by atoms with Gasteiger partial charge in [-0.3, -0.25) is 0 Å². The Morgan fingerprint density at radius 1 is 1.15 bits per heavy atom. The Kier molecular flexibility index (Phi) is 7.51. The molecule has 7 nitrogen and oxygen atoms in total. The maximum absolute atomic E-state index is 13.2. The molecule has 2 aromatic carbocycles. The average molecular weight is 518 g/mol. The van der Waals surface area contributed by atoms with Gasteiger partial charge in [0.1, 0.15) is 0 Å². The van der Waals surface area contributed by atoms with E-state index < -0.39 is 16.7 Å². The molecule has 0 radical (unpaired) electrons. The second-order valence-corrected chi connectivity index (χ2v) is 11.2. The normalized spacial score (nSPS) is 24.9. The third-order valence-corrected chi connectivity index (χ3v) is 8.18. The summed E-state index contributed by atoms with van der Waals surface area (Å²) in [5.41, 5.74) is 0.992. The van der Waals surface area contributed by atoms with Gasteiger partial charge in [-0.05, 0) is 0 Å². The number of rotatable bonds is 9. The van der Waals surface area contributed by atoms with Gasteiger partial charge in [-0.1, -0.05) is 0 Å². The number of ether oxygens (including phenoxy) is 4. The van der Waals surface area contributed by atoms with E-state index in [1.807, 2.05) is 74.5 Å². The van der Waals surface area contributed by atoms with Gasteiger partial charge in [0, 0.05) is 0 Å². The van der Waals surface area contributed by atoms with E-state index in [1.165, 1.54) is 7.11 Å². The van der Waals surface area contributed by atoms with Crippen molar-refractivity contribution in [1.82, 2.24) is 4.90 Å². The zero-order valence-corrected chi connectivity index (χ0v) is 20.7. The van der Waals surface area contributed by atoms with Gasteiger partial charge in [-0.2, -0.15) is 0 Å². The summed E-state index contributed by atoms with van der Waals surface area (Å²) in [7, 11) is 1.38. The molecular formula is C25H29NO6Se. The SMILES string of the molecule is COC(=O)C(CN1C(=O)[C@H](OCc2ccccc2)[C@@H]1[C@H]1COC(C)(C)O1)[Se]c1ccccc1. The molecule has 1 unspecified atom stereocenters. The van der Waals surface area contributed by atoms with E-state index in [0.29, 0.717) is 13.2 Å². The van der Waals surface area contributed by atoms with E-state index in [4.69, 9.17) is 18.9 Å². The van der Waals surface area contributed by atoms with Crippen LogP contribution in [0.15, 0.2) is 60.7 Å². The van der Waals surface area contributed by atoms with Crippen molar-refractivity contribution in [3.8, 4) is 0 Å². The summed E-state index contributed by atoms with van der Waals surface area (Å²) in [6.07, 6.45) is -0.976. The van der Waals surface area contributed by atoms with Gasteiger partial charge in [-0.15, -0.1) is 0 Å². The van der Waals surface area contributed by atoms with Crippen molar-refractivity contribution < 1.29 is 28.5 Å². The van der Waals surface area contributed by atoms with Crippen LogP contribution in [-0.4, -0.2) is 76.0 Å². The fraction of sp³-hybridized carbons (Fsp3) is 0.440. The van der Waals surface area contributed by atoms with Gasteiger partial charge in [0.15, 0.2) is 0 Å². The second-order valence-electron chi connectivity index (χ2n) is 8.51. The topological polar surface area (TPSA) is 74.3 Å². The van der Waals surface area contributed by atoms with Crippen LogP contribution in [0.3, 0.4) is 0 Å². The Balaban J connectivity index is 1.50. The molecule has 2 aromatic rings. The Labute approximate surface area is 200 Å². The number of amides is 1. The second kappa shape index (κ2) is 10.4. The number of likely N-dealkylation sites (tertiary alicyclic amines) is 1. The first-order valence-corrected chi connectivity index (χ1v) is 12.8. The predicted octanol–water partition coefficient (Wildman–Crippen LogP) is 1.93. The van der Waals surface area contributed by atoms with Gasteiger partial charge >= 0.3 is 201 Å². The molecule has 0 aliphatic carbocycles. The molecule has 176 valence electrons. The number of benzene rings is 2.